The number of hydrogen-bond acceptors (Lipinski definition) is 2. The summed E-state index contributed by atoms with van der Waals surface area (Å²) >= 11 is 0. The molecule has 0 radical (unpaired) electrons. The fraction of sp³-hybridized carbons (Fsp3) is 0.696. The largest absolute Gasteiger partial charge is 0.481 e. The van der Waals surface area contributed by atoms with E-state index in [9.17, 15) is 9.90 Å². The van der Waals surface area contributed by atoms with Crippen LogP contribution in [0.15, 0.2) is 24.3 Å². The van der Waals surface area contributed by atoms with Crippen LogP contribution in [0.1, 0.15) is 62.5 Å². The number of nitrogens with zero attached hydrogens (tertiary/aromatic N) is 1. The fourth-order valence-corrected chi connectivity index (χ4v) is 7.43. The van der Waals surface area contributed by atoms with Crippen LogP contribution in [0.3, 0.4) is 0 Å². The van der Waals surface area contributed by atoms with Crippen molar-refractivity contribution in [2.24, 2.45) is 17.8 Å². The molecule has 26 heavy (non-hydrogen) atoms. The molecular formula is C23H31NO2. The van der Waals surface area contributed by atoms with Crippen LogP contribution in [0.4, 0.5) is 0 Å². The zero-order chi connectivity index (χ0) is 17.9. The van der Waals surface area contributed by atoms with E-state index >= 15 is 0 Å². The van der Waals surface area contributed by atoms with Gasteiger partial charge in [-0.3, -0.25) is 9.69 Å². The second-order valence-corrected chi connectivity index (χ2v) is 9.93. The Bertz CT molecular complexity index is 687. The van der Waals surface area contributed by atoms with Crippen LogP contribution in [-0.2, 0) is 10.2 Å². The number of rotatable bonds is 3. The summed E-state index contributed by atoms with van der Waals surface area (Å²) in [4.78, 5) is 14.1. The Labute approximate surface area is 156 Å². The molecular weight excluding hydrogens is 322 g/mol. The SMILES string of the molecule is Cc1ccc(C23C[C@@H]4C[C@@H](C2)CC(N2CCC(C(=O)O)CC2)(C4)C3)cc1. The van der Waals surface area contributed by atoms with Crippen LogP contribution < -0.4 is 0 Å². The molecule has 0 unspecified atom stereocenters. The van der Waals surface area contributed by atoms with Crippen molar-refractivity contribution in [1.82, 2.24) is 4.90 Å². The maximum Gasteiger partial charge on any atom is 0.306 e. The number of aryl methyl sites for hydroxylation is 1. The molecule has 0 spiro atoms. The minimum absolute atomic E-state index is 0.119. The monoisotopic (exact) mass is 353 g/mol. The van der Waals surface area contributed by atoms with Gasteiger partial charge in [0, 0.05) is 5.54 Å². The molecule has 140 valence electrons. The Hall–Kier alpha value is -1.35. The number of carboxylic acid groups (broad SMARTS) is 1. The van der Waals surface area contributed by atoms with Crippen molar-refractivity contribution in [3.8, 4) is 0 Å². The summed E-state index contributed by atoms with van der Waals surface area (Å²) in [5.74, 6) is 1.03. The maximum absolute atomic E-state index is 11.4. The van der Waals surface area contributed by atoms with Crippen LogP contribution in [0.25, 0.3) is 0 Å². The van der Waals surface area contributed by atoms with Crippen LogP contribution >= 0.6 is 0 Å². The fourth-order valence-electron chi connectivity index (χ4n) is 7.43. The van der Waals surface area contributed by atoms with E-state index in [4.69, 9.17) is 0 Å². The molecule has 1 aliphatic heterocycles. The summed E-state index contributed by atoms with van der Waals surface area (Å²) in [5.41, 5.74) is 3.64. The summed E-state index contributed by atoms with van der Waals surface area (Å²) < 4.78 is 0. The molecule has 1 saturated heterocycles. The molecule has 4 aliphatic carbocycles. The smallest absolute Gasteiger partial charge is 0.306 e. The van der Waals surface area contributed by atoms with Crippen molar-refractivity contribution >= 4 is 5.97 Å². The summed E-state index contributed by atoms with van der Waals surface area (Å²) in [5, 5.41) is 9.35. The molecule has 6 rings (SSSR count). The Kier molecular flexibility index (Phi) is 3.76. The van der Waals surface area contributed by atoms with Crippen molar-refractivity contribution < 1.29 is 9.90 Å². The third kappa shape index (κ3) is 2.54. The van der Waals surface area contributed by atoms with E-state index in [-0.39, 0.29) is 5.92 Å². The van der Waals surface area contributed by atoms with Crippen molar-refractivity contribution in [2.45, 2.75) is 69.2 Å². The lowest BCUT2D eigenvalue weighted by Gasteiger charge is -2.66. The first-order chi connectivity index (χ1) is 12.5. The standard InChI is InChI=1S/C23H31NO2/c1-16-2-4-20(5-3-16)22-11-17-10-18(12-22)14-23(13-17,15-22)24-8-6-19(7-9-24)21(25)26/h2-5,17-19H,6-15H2,1H3,(H,25,26)/t17-,18-,22?,23?/m0/s1. The molecule has 3 heteroatoms. The van der Waals surface area contributed by atoms with E-state index in [1.807, 2.05) is 0 Å². The topological polar surface area (TPSA) is 40.5 Å². The minimum Gasteiger partial charge on any atom is -0.481 e. The van der Waals surface area contributed by atoms with Crippen LogP contribution in [0, 0.1) is 24.7 Å². The molecule has 1 aromatic carbocycles. The molecule has 2 atom stereocenters. The molecule has 3 nitrogen and oxygen atoms in total. The second-order valence-electron chi connectivity index (χ2n) is 9.93. The van der Waals surface area contributed by atoms with Gasteiger partial charge in [0.15, 0.2) is 0 Å². The van der Waals surface area contributed by atoms with Gasteiger partial charge in [-0.15, -0.1) is 0 Å². The normalized spacial score (nSPS) is 40.0. The van der Waals surface area contributed by atoms with Gasteiger partial charge >= 0.3 is 5.97 Å². The number of hydrogen-bond donors (Lipinski definition) is 1. The van der Waals surface area contributed by atoms with Gasteiger partial charge in [-0.05, 0) is 94.2 Å². The number of likely N-dealkylation sites (tertiary alicyclic amines) is 1. The van der Waals surface area contributed by atoms with Crippen molar-refractivity contribution in [3.63, 3.8) is 0 Å². The molecule has 1 aromatic rings. The average molecular weight is 354 g/mol. The number of carbonyl (C=O) groups is 1. The molecule has 1 heterocycles. The highest BCUT2D eigenvalue weighted by molar-refractivity contribution is 5.70. The Morgan fingerprint density at radius 3 is 2.23 bits per heavy atom. The zero-order valence-electron chi connectivity index (χ0n) is 15.9. The lowest BCUT2D eigenvalue weighted by atomic mass is 9.45. The van der Waals surface area contributed by atoms with Gasteiger partial charge in [-0.1, -0.05) is 29.8 Å². The Morgan fingerprint density at radius 1 is 1.04 bits per heavy atom. The van der Waals surface area contributed by atoms with Crippen LogP contribution in [-0.4, -0.2) is 34.6 Å². The van der Waals surface area contributed by atoms with E-state index in [0.717, 1.165) is 37.8 Å². The van der Waals surface area contributed by atoms with Gasteiger partial charge < -0.3 is 5.11 Å². The third-order valence-corrected chi connectivity index (χ3v) is 8.21. The van der Waals surface area contributed by atoms with Gasteiger partial charge in [0.05, 0.1) is 5.92 Å². The second kappa shape index (κ2) is 5.82. The molecule has 4 bridgehead atoms. The third-order valence-electron chi connectivity index (χ3n) is 8.21. The number of aliphatic carboxylic acids is 1. The number of piperidine rings is 1. The molecule has 1 N–H and O–H groups in total. The van der Waals surface area contributed by atoms with Crippen molar-refractivity contribution in [1.29, 1.82) is 0 Å². The highest BCUT2D eigenvalue weighted by atomic mass is 16.4. The van der Waals surface area contributed by atoms with Gasteiger partial charge in [0.2, 0.25) is 0 Å². The van der Waals surface area contributed by atoms with Crippen LogP contribution in [0.2, 0.25) is 0 Å². The van der Waals surface area contributed by atoms with E-state index < -0.39 is 5.97 Å². The van der Waals surface area contributed by atoms with E-state index in [1.165, 1.54) is 44.1 Å². The zero-order valence-corrected chi connectivity index (χ0v) is 15.9. The lowest BCUT2D eigenvalue weighted by molar-refractivity contribution is -0.147. The van der Waals surface area contributed by atoms with Gasteiger partial charge in [0.1, 0.15) is 0 Å². The predicted molar refractivity (Wildman–Crippen MR) is 102 cm³/mol. The van der Waals surface area contributed by atoms with Gasteiger partial charge in [-0.2, -0.15) is 0 Å². The summed E-state index contributed by atoms with van der Waals surface area (Å²) in [6, 6.07) is 9.37. The summed E-state index contributed by atoms with van der Waals surface area (Å²) in [6.45, 7) is 4.15. The number of carboxylic acids is 1. The lowest BCUT2D eigenvalue weighted by Crippen LogP contribution is -2.65. The van der Waals surface area contributed by atoms with Crippen LogP contribution in [0.5, 0.6) is 0 Å². The first kappa shape index (κ1) is 16.8. The first-order valence-electron chi connectivity index (χ1n) is 10.5. The highest BCUT2D eigenvalue weighted by Crippen LogP contribution is 2.64. The number of benzene rings is 1. The Balaban J connectivity index is 1.44. The summed E-state index contributed by atoms with van der Waals surface area (Å²) in [7, 11) is 0. The highest BCUT2D eigenvalue weighted by Gasteiger charge is 2.60. The van der Waals surface area contributed by atoms with Crippen molar-refractivity contribution in [3.05, 3.63) is 35.4 Å². The molecule has 5 aliphatic rings. The van der Waals surface area contributed by atoms with Gasteiger partial charge in [-0.25, -0.2) is 0 Å². The first-order valence-corrected chi connectivity index (χ1v) is 10.5. The van der Waals surface area contributed by atoms with E-state index in [1.54, 1.807) is 5.56 Å². The maximum atomic E-state index is 11.4. The predicted octanol–water partition coefficient (Wildman–Crippen LogP) is 4.38. The quantitative estimate of drug-likeness (QED) is 0.876. The van der Waals surface area contributed by atoms with Gasteiger partial charge in [0.25, 0.3) is 0 Å². The molecule has 0 aromatic heterocycles. The minimum atomic E-state index is -0.591. The molecule has 4 saturated carbocycles. The van der Waals surface area contributed by atoms with E-state index in [0.29, 0.717) is 11.0 Å². The Morgan fingerprint density at radius 2 is 1.65 bits per heavy atom. The van der Waals surface area contributed by atoms with Crippen molar-refractivity contribution in [2.75, 3.05) is 13.1 Å². The summed E-state index contributed by atoms with van der Waals surface area (Å²) in [6.07, 6.45) is 9.87. The average Bonchev–Trinajstić information content (AvgIpc) is 2.61. The van der Waals surface area contributed by atoms with E-state index in [2.05, 4.69) is 36.1 Å². The molecule has 0 amide bonds. The molecule has 5 fully saturated rings.